The largest absolute Gasteiger partial charge is 0.493 e. The Morgan fingerprint density at radius 1 is 1.45 bits per heavy atom. The van der Waals surface area contributed by atoms with Crippen LogP contribution in [-0.2, 0) is 12.8 Å². The number of hydrogen-bond acceptors (Lipinski definition) is 3. The number of rotatable bonds is 3. The van der Waals surface area contributed by atoms with Gasteiger partial charge in [0.2, 0.25) is 0 Å². The van der Waals surface area contributed by atoms with Crippen LogP contribution in [0.4, 0.5) is 0 Å². The van der Waals surface area contributed by atoms with Crippen molar-refractivity contribution in [3.05, 3.63) is 57.9 Å². The number of benzene rings is 1. The summed E-state index contributed by atoms with van der Waals surface area (Å²) >= 11 is 6.18. The van der Waals surface area contributed by atoms with Crippen molar-refractivity contribution in [2.45, 2.75) is 25.8 Å². The Bertz CT molecular complexity index is 642. The summed E-state index contributed by atoms with van der Waals surface area (Å²) in [6.45, 7) is 2.78. The van der Waals surface area contributed by atoms with Crippen molar-refractivity contribution in [2.75, 3.05) is 6.61 Å². The van der Waals surface area contributed by atoms with E-state index in [9.17, 15) is 0 Å². The molecule has 0 fully saturated rings. The Hall–Kier alpha value is -1.58. The Balaban J connectivity index is 1.90. The predicted octanol–water partition coefficient (Wildman–Crippen LogP) is 3.22. The van der Waals surface area contributed by atoms with E-state index in [1.54, 1.807) is 6.20 Å². The van der Waals surface area contributed by atoms with Gasteiger partial charge in [-0.05, 0) is 53.8 Å². The van der Waals surface area contributed by atoms with Crippen molar-refractivity contribution >= 4 is 11.6 Å². The molecule has 104 valence electrons. The highest BCUT2D eigenvalue weighted by Crippen LogP contribution is 2.35. The summed E-state index contributed by atoms with van der Waals surface area (Å²) in [5.41, 5.74) is 10.8. The maximum absolute atomic E-state index is 6.33. The molecule has 0 radical (unpaired) electrons. The van der Waals surface area contributed by atoms with Crippen LogP contribution in [0.25, 0.3) is 0 Å². The number of fused-ring (bicyclic) bond motifs is 1. The van der Waals surface area contributed by atoms with Gasteiger partial charge in [-0.25, -0.2) is 0 Å². The summed E-state index contributed by atoms with van der Waals surface area (Å²) in [4.78, 5) is 4.16. The van der Waals surface area contributed by atoms with Crippen LogP contribution < -0.4 is 10.5 Å². The van der Waals surface area contributed by atoms with Gasteiger partial charge < -0.3 is 10.5 Å². The van der Waals surface area contributed by atoms with Crippen molar-refractivity contribution in [2.24, 2.45) is 5.73 Å². The fourth-order valence-electron chi connectivity index (χ4n) is 2.71. The van der Waals surface area contributed by atoms with E-state index in [-0.39, 0.29) is 6.04 Å². The van der Waals surface area contributed by atoms with Crippen LogP contribution in [0.1, 0.15) is 28.3 Å². The molecule has 0 amide bonds. The molecule has 1 atom stereocenters. The second-order valence-electron chi connectivity index (χ2n) is 5.19. The lowest BCUT2D eigenvalue weighted by Crippen LogP contribution is -2.15. The van der Waals surface area contributed by atoms with Gasteiger partial charge in [0.1, 0.15) is 5.75 Å². The van der Waals surface area contributed by atoms with Crippen LogP contribution in [0.15, 0.2) is 30.6 Å². The zero-order valence-electron chi connectivity index (χ0n) is 11.4. The number of nitrogens with two attached hydrogens (primary N) is 1. The Morgan fingerprint density at radius 2 is 2.30 bits per heavy atom. The maximum atomic E-state index is 6.33. The molecule has 1 aliphatic heterocycles. The molecule has 1 aromatic carbocycles. The summed E-state index contributed by atoms with van der Waals surface area (Å²) in [6.07, 6.45) is 5.25. The highest BCUT2D eigenvalue weighted by molar-refractivity contribution is 6.30. The second-order valence-corrected chi connectivity index (χ2v) is 5.63. The highest BCUT2D eigenvalue weighted by atomic mass is 35.5. The third kappa shape index (κ3) is 2.51. The van der Waals surface area contributed by atoms with Crippen LogP contribution in [-0.4, -0.2) is 11.6 Å². The van der Waals surface area contributed by atoms with Crippen LogP contribution in [0.5, 0.6) is 5.75 Å². The van der Waals surface area contributed by atoms with Crippen molar-refractivity contribution < 1.29 is 4.74 Å². The molecule has 1 aliphatic rings. The first-order chi connectivity index (χ1) is 9.65. The highest BCUT2D eigenvalue weighted by Gasteiger charge is 2.20. The molecule has 0 spiro atoms. The van der Waals surface area contributed by atoms with E-state index in [1.165, 1.54) is 5.56 Å². The first kappa shape index (κ1) is 13.4. The molecule has 0 saturated heterocycles. The zero-order chi connectivity index (χ0) is 14.1. The lowest BCUT2D eigenvalue weighted by Gasteiger charge is -2.16. The summed E-state index contributed by atoms with van der Waals surface area (Å²) in [6, 6.07) is 5.81. The summed E-state index contributed by atoms with van der Waals surface area (Å²) in [7, 11) is 0. The molecule has 2 N–H and O–H groups in total. The first-order valence-electron chi connectivity index (χ1n) is 6.75. The van der Waals surface area contributed by atoms with Crippen molar-refractivity contribution in [1.29, 1.82) is 0 Å². The van der Waals surface area contributed by atoms with E-state index in [0.717, 1.165) is 40.5 Å². The fourth-order valence-corrected chi connectivity index (χ4v) is 2.97. The average Bonchev–Trinajstić information content (AvgIpc) is 2.87. The fraction of sp³-hybridized carbons (Fsp3) is 0.312. The molecular weight excluding hydrogens is 272 g/mol. The van der Waals surface area contributed by atoms with E-state index in [4.69, 9.17) is 22.1 Å². The zero-order valence-corrected chi connectivity index (χ0v) is 12.2. The summed E-state index contributed by atoms with van der Waals surface area (Å²) in [5, 5.41) is 0.749. The maximum Gasteiger partial charge on any atom is 0.125 e. The van der Waals surface area contributed by atoms with Crippen molar-refractivity contribution in [3.8, 4) is 5.75 Å². The van der Waals surface area contributed by atoms with Gasteiger partial charge in [-0.1, -0.05) is 11.6 Å². The van der Waals surface area contributed by atoms with Crippen molar-refractivity contribution in [1.82, 2.24) is 4.98 Å². The second kappa shape index (κ2) is 5.43. The topological polar surface area (TPSA) is 48.1 Å². The first-order valence-corrected chi connectivity index (χ1v) is 7.13. The number of halogens is 1. The molecule has 1 unspecified atom stereocenters. The molecule has 3 rings (SSSR count). The Morgan fingerprint density at radius 3 is 3.10 bits per heavy atom. The number of aromatic nitrogens is 1. The van der Waals surface area contributed by atoms with Gasteiger partial charge >= 0.3 is 0 Å². The van der Waals surface area contributed by atoms with Crippen LogP contribution in [0.2, 0.25) is 5.02 Å². The minimum Gasteiger partial charge on any atom is -0.493 e. The smallest absolute Gasteiger partial charge is 0.125 e. The molecule has 20 heavy (non-hydrogen) atoms. The summed E-state index contributed by atoms with van der Waals surface area (Å²) in [5.74, 6) is 0.964. The lowest BCUT2D eigenvalue weighted by atomic mass is 9.96. The van der Waals surface area contributed by atoms with Crippen LogP contribution in [0, 0.1) is 6.92 Å². The molecule has 4 heteroatoms. The third-order valence-electron chi connectivity index (χ3n) is 3.74. The van der Waals surface area contributed by atoms with Gasteiger partial charge in [0.25, 0.3) is 0 Å². The predicted molar refractivity (Wildman–Crippen MR) is 80.3 cm³/mol. The van der Waals surface area contributed by atoms with E-state index in [1.807, 2.05) is 24.4 Å². The van der Waals surface area contributed by atoms with Crippen molar-refractivity contribution in [3.63, 3.8) is 0 Å². The lowest BCUT2D eigenvalue weighted by molar-refractivity contribution is 0.352. The van der Waals surface area contributed by atoms with Gasteiger partial charge in [0, 0.05) is 29.9 Å². The van der Waals surface area contributed by atoms with E-state index in [2.05, 4.69) is 11.9 Å². The SMILES string of the molecule is Cc1ccncc1C(N)Cc1cc(Cl)cc2c1OCC2. The Labute approximate surface area is 123 Å². The van der Waals surface area contributed by atoms with Gasteiger partial charge in [-0.3, -0.25) is 4.98 Å². The number of ether oxygens (including phenoxy) is 1. The number of hydrogen-bond donors (Lipinski definition) is 1. The monoisotopic (exact) mass is 288 g/mol. The molecule has 3 nitrogen and oxygen atoms in total. The molecule has 0 aliphatic carbocycles. The molecule has 2 heterocycles. The number of nitrogens with zero attached hydrogens (tertiary/aromatic N) is 1. The molecule has 0 saturated carbocycles. The minimum atomic E-state index is -0.101. The van der Waals surface area contributed by atoms with Crippen LogP contribution in [0.3, 0.4) is 0 Å². The summed E-state index contributed by atoms with van der Waals surface area (Å²) < 4.78 is 5.72. The van der Waals surface area contributed by atoms with Gasteiger partial charge in [-0.15, -0.1) is 0 Å². The molecule has 2 aromatic rings. The van der Waals surface area contributed by atoms with E-state index < -0.39 is 0 Å². The van der Waals surface area contributed by atoms with Gasteiger partial charge in [0.05, 0.1) is 6.61 Å². The van der Waals surface area contributed by atoms with E-state index >= 15 is 0 Å². The average molecular weight is 289 g/mol. The number of pyridine rings is 1. The normalized spacial score (nSPS) is 14.8. The van der Waals surface area contributed by atoms with Gasteiger partial charge in [-0.2, -0.15) is 0 Å². The molecule has 1 aromatic heterocycles. The molecular formula is C16H17ClN2O. The van der Waals surface area contributed by atoms with Gasteiger partial charge in [0.15, 0.2) is 0 Å². The third-order valence-corrected chi connectivity index (χ3v) is 3.96. The van der Waals surface area contributed by atoms with Crippen LogP contribution >= 0.6 is 11.6 Å². The Kier molecular flexibility index (Phi) is 3.64. The standard InChI is InChI=1S/C16H17ClN2O/c1-10-2-4-19-9-14(10)15(18)8-12-7-13(17)6-11-3-5-20-16(11)12/h2,4,6-7,9,15H,3,5,8,18H2,1H3. The molecule has 0 bridgehead atoms. The minimum absolute atomic E-state index is 0.101. The van der Waals surface area contributed by atoms with E-state index in [0.29, 0.717) is 6.42 Å². The quantitative estimate of drug-likeness (QED) is 0.943. The number of aryl methyl sites for hydroxylation is 1.